The second-order valence-corrected chi connectivity index (χ2v) is 11.6. The Morgan fingerprint density at radius 1 is 1.15 bits per heavy atom. The Hall–Kier alpha value is -2.42. The number of hydrogen-bond acceptors (Lipinski definition) is 7. The molecule has 2 unspecified atom stereocenters. The van der Waals surface area contributed by atoms with E-state index in [4.69, 9.17) is 30.5 Å². The molecule has 39 heavy (non-hydrogen) atoms. The van der Waals surface area contributed by atoms with E-state index >= 15 is 0 Å². The summed E-state index contributed by atoms with van der Waals surface area (Å²) in [5, 5.41) is 3.69. The lowest BCUT2D eigenvalue weighted by Gasteiger charge is -2.34. The number of carbonyl (C=O) groups is 3. The van der Waals surface area contributed by atoms with Crippen LogP contribution in [0.4, 0.5) is 0 Å². The minimum atomic E-state index is -0.741. The van der Waals surface area contributed by atoms with Gasteiger partial charge in [-0.05, 0) is 64.2 Å². The minimum Gasteiger partial charge on any atom is -0.461 e. The molecule has 2 rings (SSSR count). The van der Waals surface area contributed by atoms with Gasteiger partial charge in [-0.15, -0.1) is 0 Å². The lowest BCUT2D eigenvalue weighted by Crippen LogP contribution is -2.48. The van der Waals surface area contributed by atoms with E-state index in [9.17, 15) is 14.4 Å². The molecule has 1 aliphatic rings. The van der Waals surface area contributed by atoms with Crippen molar-refractivity contribution in [2.45, 2.75) is 84.0 Å². The molecule has 0 radical (unpaired) electrons. The van der Waals surface area contributed by atoms with Crippen molar-refractivity contribution in [3.8, 4) is 0 Å². The summed E-state index contributed by atoms with van der Waals surface area (Å²) in [6, 6.07) is 6.68. The Labute approximate surface area is 237 Å². The zero-order valence-electron chi connectivity index (χ0n) is 23.8. The fourth-order valence-electron chi connectivity index (χ4n) is 4.80. The minimum absolute atomic E-state index is 0.0462. The number of esters is 2. The number of hydrogen-bond donors (Lipinski definition) is 1. The molecule has 8 nitrogen and oxygen atoms in total. The van der Waals surface area contributed by atoms with Gasteiger partial charge in [-0.25, -0.2) is 0 Å². The third kappa shape index (κ3) is 11.7. The van der Waals surface area contributed by atoms with E-state index < -0.39 is 28.9 Å². The van der Waals surface area contributed by atoms with E-state index in [-0.39, 0.29) is 31.5 Å². The van der Waals surface area contributed by atoms with Gasteiger partial charge in [-0.1, -0.05) is 49.2 Å². The monoisotopic (exact) mass is 565 g/mol. The molecule has 0 heterocycles. The SMILES string of the molecule is C=CCOC(=O)CC(COCc1ccc(Cl)cc1)NC(=O)C1(CC(CCOC)C(=O)OC(C)(C)C)CCCC1. The van der Waals surface area contributed by atoms with E-state index in [1.807, 2.05) is 32.9 Å². The Morgan fingerprint density at radius 2 is 1.82 bits per heavy atom. The number of methoxy groups -OCH3 is 1. The van der Waals surface area contributed by atoms with Crippen molar-refractivity contribution in [1.29, 1.82) is 0 Å². The third-order valence-electron chi connectivity index (χ3n) is 6.70. The second-order valence-electron chi connectivity index (χ2n) is 11.2. The van der Waals surface area contributed by atoms with Crippen LogP contribution in [0, 0.1) is 11.3 Å². The van der Waals surface area contributed by atoms with Gasteiger partial charge < -0.3 is 24.3 Å². The summed E-state index contributed by atoms with van der Waals surface area (Å²) in [7, 11) is 1.59. The first-order valence-electron chi connectivity index (χ1n) is 13.6. The molecule has 1 aromatic carbocycles. The molecule has 9 heteroatoms. The third-order valence-corrected chi connectivity index (χ3v) is 6.95. The molecule has 1 amide bonds. The summed E-state index contributed by atoms with van der Waals surface area (Å²) in [6.45, 7) is 9.95. The number of benzene rings is 1. The zero-order chi connectivity index (χ0) is 28.9. The fraction of sp³-hybridized carbons (Fsp3) is 0.633. The maximum atomic E-state index is 13.8. The smallest absolute Gasteiger partial charge is 0.309 e. The van der Waals surface area contributed by atoms with Crippen molar-refractivity contribution in [3.63, 3.8) is 0 Å². The average molecular weight is 566 g/mol. The number of halogens is 1. The first kappa shape index (κ1) is 32.8. The Kier molecular flexibility index (Phi) is 13.4. The summed E-state index contributed by atoms with van der Waals surface area (Å²) in [5.41, 5.74) is -0.454. The van der Waals surface area contributed by atoms with Crippen LogP contribution in [0.15, 0.2) is 36.9 Å². The van der Waals surface area contributed by atoms with E-state index in [1.165, 1.54) is 6.08 Å². The summed E-state index contributed by atoms with van der Waals surface area (Å²) >= 11 is 5.96. The molecular weight excluding hydrogens is 522 g/mol. The average Bonchev–Trinajstić information content (AvgIpc) is 3.35. The van der Waals surface area contributed by atoms with E-state index in [0.29, 0.717) is 43.9 Å². The van der Waals surface area contributed by atoms with Crippen LogP contribution >= 0.6 is 11.6 Å². The maximum Gasteiger partial charge on any atom is 0.309 e. The van der Waals surface area contributed by atoms with Gasteiger partial charge in [-0.3, -0.25) is 14.4 Å². The van der Waals surface area contributed by atoms with Crippen LogP contribution in [-0.4, -0.2) is 56.4 Å². The number of ether oxygens (including phenoxy) is 4. The van der Waals surface area contributed by atoms with E-state index in [2.05, 4.69) is 11.9 Å². The van der Waals surface area contributed by atoms with E-state index in [0.717, 1.165) is 18.4 Å². The van der Waals surface area contributed by atoms with Gasteiger partial charge in [-0.2, -0.15) is 0 Å². The van der Waals surface area contributed by atoms with Crippen LogP contribution in [0.1, 0.15) is 71.3 Å². The number of nitrogens with one attached hydrogen (secondary N) is 1. The Bertz CT molecular complexity index is 936. The van der Waals surface area contributed by atoms with Crippen molar-refractivity contribution in [2.75, 3.05) is 26.9 Å². The van der Waals surface area contributed by atoms with E-state index in [1.54, 1.807) is 19.2 Å². The first-order chi connectivity index (χ1) is 18.5. The van der Waals surface area contributed by atoms with Gasteiger partial charge in [0.05, 0.1) is 37.0 Å². The number of amides is 1. The van der Waals surface area contributed by atoms with Gasteiger partial charge >= 0.3 is 11.9 Å². The molecule has 0 spiro atoms. The summed E-state index contributed by atoms with van der Waals surface area (Å²) in [4.78, 5) is 39.3. The molecular formula is C30H44ClNO7. The van der Waals surface area contributed by atoms with Crippen LogP contribution < -0.4 is 5.32 Å². The van der Waals surface area contributed by atoms with Crippen LogP contribution in [0.5, 0.6) is 0 Å². The molecule has 1 fully saturated rings. The van der Waals surface area contributed by atoms with Crippen molar-refractivity contribution >= 4 is 29.4 Å². The van der Waals surface area contributed by atoms with Crippen molar-refractivity contribution in [3.05, 3.63) is 47.5 Å². The zero-order valence-corrected chi connectivity index (χ0v) is 24.5. The highest BCUT2D eigenvalue weighted by atomic mass is 35.5. The number of rotatable bonds is 16. The Morgan fingerprint density at radius 3 is 2.41 bits per heavy atom. The highest BCUT2D eigenvalue weighted by Crippen LogP contribution is 2.44. The lowest BCUT2D eigenvalue weighted by atomic mass is 9.75. The van der Waals surface area contributed by atoms with Gasteiger partial charge in [0, 0.05) is 18.7 Å². The van der Waals surface area contributed by atoms with Crippen molar-refractivity contribution in [2.24, 2.45) is 11.3 Å². The molecule has 0 aliphatic heterocycles. The van der Waals surface area contributed by atoms with Gasteiger partial charge in [0.15, 0.2) is 0 Å². The maximum absolute atomic E-state index is 13.8. The Balaban J connectivity index is 2.16. The molecule has 0 aromatic heterocycles. The predicted molar refractivity (Wildman–Crippen MR) is 150 cm³/mol. The normalized spacial score (nSPS) is 16.2. The predicted octanol–water partition coefficient (Wildman–Crippen LogP) is 5.41. The van der Waals surface area contributed by atoms with Gasteiger partial charge in [0.1, 0.15) is 12.2 Å². The fourth-order valence-corrected chi connectivity index (χ4v) is 4.92. The molecule has 2 atom stereocenters. The lowest BCUT2D eigenvalue weighted by molar-refractivity contribution is -0.162. The van der Waals surface area contributed by atoms with Crippen molar-refractivity contribution < 1.29 is 33.3 Å². The highest BCUT2D eigenvalue weighted by molar-refractivity contribution is 6.30. The standard InChI is InChI=1S/C30H44ClNO7/c1-6-16-38-26(33)18-25(21-37-20-22-9-11-24(31)12-10-22)32-28(35)30(14-7-8-15-30)19-23(13-17-36-5)27(34)39-29(2,3)4/h6,9-12,23,25H,1,7-8,13-21H2,2-5H3,(H,32,35). The molecule has 1 aromatic rings. The summed E-state index contributed by atoms with van der Waals surface area (Å²) < 4.78 is 22.0. The first-order valence-corrected chi connectivity index (χ1v) is 14.0. The molecule has 0 saturated heterocycles. The van der Waals surface area contributed by atoms with Gasteiger partial charge in [0.2, 0.25) is 5.91 Å². The van der Waals surface area contributed by atoms with Crippen LogP contribution in [0.25, 0.3) is 0 Å². The summed E-state index contributed by atoms with van der Waals surface area (Å²) in [6.07, 6.45) is 5.35. The van der Waals surface area contributed by atoms with Crippen LogP contribution in [0.2, 0.25) is 5.02 Å². The largest absolute Gasteiger partial charge is 0.461 e. The quantitative estimate of drug-likeness (QED) is 0.211. The molecule has 1 aliphatic carbocycles. The second kappa shape index (κ2) is 16.0. The molecule has 0 bridgehead atoms. The van der Waals surface area contributed by atoms with Crippen molar-refractivity contribution in [1.82, 2.24) is 5.32 Å². The van der Waals surface area contributed by atoms with Crippen LogP contribution in [-0.2, 0) is 39.9 Å². The topological polar surface area (TPSA) is 100 Å². The highest BCUT2D eigenvalue weighted by Gasteiger charge is 2.45. The number of carbonyl (C=O) groups excluding carboxylic acids is 3. The molecule has 1 saturated carbocycles. The van der Waals surface area contributed by atoms with Gasteiger partial charge in [0.25, 0.3) is 0 Å². The summed E-state index contributed by atoms with van der Waals surface area (Å²) in [5.74, 6) is -1.44. The van der Waals surface area contributed by atoms with Crippen LogP contribution in [0.3, 0.4) is 0 Å². The molecule has 218 valence electrons. The molecule has 1 N–H and O–H groups in total.